The Morgan fingerprint density at radius 3 is 2.65 bits per heavy atom. The number of nitrogens with one attached hydrogen (secondary N) is 2. The quantitative estimate of drug-likeness (QED) is 0.560. The fraction of sp³-hybridized carbons (Fsp3) is 0.846. The number of carboxylic acid groups (broad SMARTS) is 1. The summed E-state index contributed by atoms with van der Waals surface area (Å²) in [7, 11) is 0. The van der Waals surface area contributed by atoms with Crippen LogP contribution in [0.2, 0.25) is 0 Å². The molecule has 1 atom stereocenters. The summed E-state index contributed by atoms with van der Waals surface area (Å²) >= 11 is 1.57. The van der Waals surface area contributed by atoms with Gasteiger partial charge in [0.25, 0.3) is 0 Å². The number of thioether (sulfide) groups is 1. The molecule has 116 valence electrons. The number of carbonyl (C=O) groups excluding carboxylic acids is 1. The Hall–Kier alpha value is -0.950. The average molecular weight is 303 g/mol. The molecular weight excluding hydrogens is 278 g/mol. The van der Waals surface area contributed by atoms with Crippen LogP contribution in [0.4, 0.5) is 4.79 Å². The van der Waals surface area contributed by atoms with E-state index < -0.39 is 18.0 Å². The van der Waals surface area contributed by atoms with Crippen molar-refractivity contribution in [2.75, 3.05) is 31.6 Å². The van der Waals surface area contributed by atoms with Crippen molar-refractivity contribution in [2.24, 2.45) is 0 Å². The molecule has 6 nitrogen and oxygen atoms in total. The van der Waals surface area contributed by atoms with Gasteiger partial charge in [-0.3, -0.25) is 4.90 Å². The molecule has 1 rings (SSSR count). The van der Waals surface area contributed by atoms with Crippen molar-refractivity contribution in [1.82, 2.24) is 15.5 Å². The molecule has 0 aromatic rings. The van der Waals surface area contributed by atoms with Crippen LogP contribution < -0.4 is 10.6 Å². The molecule has 1 fully saturated rings. The third kappa shape index (κ3) is 6.47. The lowest BCUT2D eigenvalue weighted by Crippen LogP contribution is -2.48. The highest BCUT2D eigenvalue weighted by Crippen LogP contribution is 2.25. The number of amides is 2. The Morgan fingerprint density at radius 2 is 2.15 bits per heavy atom. The summed E-state index contributed by atoms with van der Waals surface area (Å²) in [6, 6.07) is -0.531. The molecule has 20 heavy (non-hydrogen) atoms. The van der Waals surface area contributed by atoms with Gasteiger partial charge in [0.15, 0.2) is 0 Å². The molecule has 7 heteroatoms. The second-order valence-electron chi connectivity index (χ2n) is 4.93. The zero-order valence-electron chi connectivity index (χ0n) is 12.2. The van der Waals surface area contributed by atoms with Crippen LogP contribution in [0.15, 0.2) is 0 Å². The van der Waals surface area contributed by atoms with Gasteiger partial charge in [-0.15, -0.1) is 0 Å². The third-order valence-electron chi connectivity index (χ3n) is 3.37. The van der Waals surface area contributed by atoms with E-state index in [1.807, 2.05) is 6.26 Å². The molecule has 3 N–H and O–H groups in total. The van der Waals surface area contributed by atoms with Gasteiger partial charge >= 0.3 is 12.0 Å². The molecule has 0 radical (unpaired) electrons. The van der Waals surface area contributed by atoms with E-state index >= 15 is 0 Å². The largest absolute Gasteiger partial charge is 0.480 e. The van der Waals surface area contributed by atoms with Crippen LogP contribution >= 0.6 is 11.8 Å². The van der Waals surface area contributed by atoms with Crippen LogP contribution in [0.5, 0.6) is 0 Å². The Labute approximate surface area is 124 Å². The molecule has 1 aliphatic rings. The normalized spacial score (nSPS) is 15.9. The zero-order valence-corrected chi connectivity index (χ0v) is 13.0. The highest BCUT2D eigenvalue weighted by atomic mass is 32.2. The highest BCUT2D eigenvalue weighted by Gasteiger charge is 2.27. The standard InChI is InChI=1S/C13H25N3O3S/c1-3-16(10-4-5-10)8-7-14-13(19)15-11(12(17)18)6-9-20-2/h10-11H,3-9H2,1-2H3,(H,17,18)(H2,14,15,19)/t11-/m1/s1. The second kappa shape index (κ2) is 9.07. The zero-order chi connectivity index (χ0) is 15.0. The predicted molar refractivity (Wildman–Crippen MR) is 81.2 cm³/mol. The minimum Gasteiger partial charge on any atom is -0.480 e. The molecule has 0 spiro atoms. The van der Waals surface area contributed by atoms with Crippen LogP contribution in [0, 0.1) is 0 Å². The first kappa shape index (κ1) is 17.1. The lowest BCUT2D eigenvalue weighted by molar-refractivity contribution is -0.139. The number of carbonyl (C=O) groups is 2. The molecule has 0 aliphatic heterocycles. The number of carboxylic acids is 1. The van der Waals surface area contributed by atoms with E-state index in [0.29, 0.717) is 24.8 Å². The first-order valence-electron chi connectivity index (χ1n) is 7.08. The summed E-state index contributed by atoms with van der Waals surface area (Å²) in [5, 5.41) is 14.3. The maximum Gasteiger partial charge on any atom is 0.326 e. The first-order valence-corrected chi connectivity index (χ1v) is 8.48. The number of nitrogens with zero attached hydrogens (tertiary/aromatic N) is 1. The first-order chi connectivity index (χ1) is 9.58. The van der Waals surface area contributed by atoms with Gasteiger partial charge in [-0.05, 0) is 37.8 Å². The van der Waals surface area contributed by atoms with Crippen molar-refractivity contribution < 1.29 is 14.7 Å². The maximum absolute atomic E-state index is 11.7. The van der Waals surface area contributed by atoms with Gasteiger partial charge in [0, 0.05) is 19.1 Å². The van der Waals surface area contributed by atoms with Crippen LogP contribution in [-0.2, 0) is 4.79 Å². The van der Waals surface area contributed by atoms with Gasteiger partial charge in [0.2, 0.25) is 0 Å². The summed E-state index contributed by atoms with van der Waals surface area (Å²) in [5.74, 6) is -0.273. The van der Waals surface area contributed by atoms with Gasteiger partial charge in [-0.25, -0.2) is 9.59 Å². The van der Waals surface area contributed by atoms with Crippen molar-refractivity contribution in [1.29, 1.82) is 0 Å². The molecule has 1 saturated carbocycles. The van der Waals surface area contributed by atoms with Gasteiger partial charge < -0.3 is 15.7 Å². The maximum atomic E-state index is 11.7. The minimum absolute atomic E-state index is 0.398. The second-order valence-corrected chi connectivity index (χ2v) is 5.92. The van der Waals surface area contributed by atoms with E-state index in [9.17, 15) is 9.59 Å². The van der Waals surface area contributed by atoms with E-state index in [2.05, 4.69) is 22.5 Å². The average Bonchev–Trinajstić information content (AvgIpc) is 3.23. The predicted octanol–water partition coefficient (Wildman–Crippen LogP) is 0.976. The fourth-order valence-electron chi connectivity index (χ4n) is 2.05. The monoisotopic (exact) mass is 303 g/mol. The molecule has 0 aromatic carbocycles. The number of hydrogen-bond donors (Lipinski definition) is 3. The number of likely N-dealkylation sites (N-methyl/N-ethyl adjacent to an activating group) is 1. The van der Waals surface area contributed by atoms with E-state index in [4.69, 9.17) is 5.11 Å². The summed E-state index contributed by atoms with van der Waals surface area (Å²) in [6.07, 6.45) is 4.84. The van der Waals surface area contributed by atoms with E-state index in [1.165, 1.54) is 12.8 Å². The van der Waals surface area contributed by atoms with Crippen LogP contribution in [-0.4, -0.2) is 65.7 Å². The molecule has 0 saturated heterocycles. The van der Waals surface area contributed by atoms with Crippen LogP contribution in [0.25, 0.3) is 0 Å². The lowest BCUT2D eigenvalue weighted by Gasteiger charge is -2.20. The summed E-state index contributed by atoms with van der Waals surface area (Å²) in [5.41, 5.74) is 0. The van der Waals surface area contributed by atoms with Crippen molar-refractivity contribution in [3.8, 4) is 0 Å². The number of urea groups is 1. The molecule has 2 amide bonds. The molecule has 0 heterocycles. The molecule has 0 aromatic heterocycles. The molecular formula is C13H25N3O3S. The third-order valence-corrected chi connectivity index (χ3v) is 4.01. The lowest BCUT2D eigenvalue weighted by atomic mass is 10.2. The van der Waals surface area contributed by atoms with Crippen molar-refractivity contribution in [2.45, 2.75) is 38.3 Å². The Kier molecular flexibility index (Phi) is 7.76. The van der Waals surface area contributed by atoms with E-state index in [1.54, 1.807) is 11.8 Å². The van der Waals surface area contributed by atoms with Gasteiger partial charge in [0.1, 0.15) is 6.04 Å². The topological polar surface area (TPSA) is 81.7 Å². The van der Waals surface area contributed by atoms with Crippen LogP contribution in [0.1, 0.15) is 26.2 Å². The Balaban J connectivity index is 2.21. The number of hydrogen-bond acceptors (Lipinski definition) is 4. The molecule has 1 aliphatic carbocycles. The smallest absolute Gasteiger partial charge is 0.326 e. The Bertz CT molecular complexity index is 324. The van der Waals surface area contributed by atoms with E-state index in [-0.39, 0.29) is 0 Å². The highest BCUT2D eigenvalue weighted by molar-refractivity contribution is 7.98. The Morgan fingerprint density at radius 1 is 1.45 bits per heavy atom. The molecule has 0 unspecified atom stereocenters. The SMILES string of the molecule is CCN(CCNC(=O)N[C@H](CCSC)C(=O)O)C1CC1. The van der Waals surface area contributed by atoms with Crippen molar-refractivity contribution in [3.05, 3.63) is 0 Å². The van der Waals surface area contributed by atoms with Gasteiger partial charge in [0.05, 0.1) is 0 Å². The van der Waals surface area contributed by atoms with Crippen molar-refractivity contribution in [3.63, 3.8) is 0 Å². The van der Waals surface area contributed by atoms with Gasteiger partial charge in [-0.2, -0.15) is 11.8 Å². The summed E-state index contributed by atoms with van der Waals surface area (Å²) in [6.45, 7) is 4.46. The number of aliphatic carboxylic acids is 1. The minimum atomic E-state index is -0.984. The molecule has 0 bridgehead atoms. The summed E-state index contributed by atoms with van der Waals surface area (Å²) in [4.78, 5) is 25.0. The van der Waals surface area contributed by atoms with Crippen LogP contribution in [0.3, 0.4) is 0 Å². The van der Waals surface area contributed by atoms with Gasteiger partial charge in [-0.1, -0.05) is 6.92 Å². The summed E-state index contributed by atoms with van der Waals surface area (Å²) < 4.78 is 0. The van der Waals surface area contributed by atoms with E-state index in [0.717, 1.165) is 13.1 Å². The fourth-order valence-corrected chi connectivity index (χ4v) is 2.53. The number of rotatable bonds is 10. The van der Waals surface area contributed by atoms with Crippen molar-refractivity contribution >= 4 is 23.8 Å².